The molecule has 1 saturated carbocycles. The number of alkyl halides is 3. The third-order valence-corrected chi connectivity index (χ3v) is 3.83. The highest BCUT2D eigenvalue weighted by Crippen LogP contribution is 2.43. The summed E-state index contributed by atoms with van der Waals surface area (Å²) in [5.41, 5.74) is -0.911. The Balaban J connectivity index is 2.18. The molecular formula is C14H17F3N2O2. The SMILES string of the molecule is COCC1(C(=O)N[C@H](c2cccnc2)C(F)(F)F)CCC1. The predicted molar refractivity (Wildman–Crippen MR) is 69.3 cm³/mol. The molecule has 0 saturated heterocycles. The number of pyridine rings is 1. The molecule has 1 aromatic heterocycles. The number of methoxy groups -OCH3 is 1. The Labute approximate surface area is 120 Å². The maximum Gasteiger partial charge on any atom is 0.412 e. The van der Waals surface area contributed by atoms with Crippen molar-refractivity contribution in [3.63, 3.8) is 0 Å². The smallest absolute Gasteiger partial charge is 0.384 e. The molecular weight excluding hydrogens is 285 g/mol. The Morgan fingerprint density at radius 1 is 1.52 bits per heavy atom. The Morgan fingerprint density at radius 2 is 2.24 bits per heavy atom. The zero-order valence-electron chi connectivity index (χ0n) is 11.6. The van der Waals surface area contributed by atoms with Crippen LogP contribution in [0.25, 0.3) is 0 Å². The second kappa shape index (κ2) is 6.01. The van der Waals surface area contributed by atoms with Crippen LogP contribution in [0.4, 0.5) is 13.2 Å². The molecule has 1 fully saturated rings. The lowest BCUT2D eigenvalue weighted by atomic mass is 9.68. The number of rotatable bonds is 5. The number of nitrogens with one attached hydrogen (secondary N) is 1. The molecule has 0 radical (unpaired) electrons. The normalized spacial score (nSPS) is 18.7. The van der Waals surface area contributed by atoms with Crippen molar-refractivity contribution in [2.75, 3.05) is 13.7 Å². The Bertz CT molecular complexity index is 487. The van der Waals surface area contributed by atoms with E-state index in [4.69, 9.17) is 4.74 Å². The minimum absolute atomic E-state index is 0.0785. The number of hydrogen-bond donors (Lipinski definition) is 1. The van der Waals surface area contributed by atoms with Crippen LogP contribution in [0, 0.1) is 5.41 Å². The number of carbonyl (C=O) groups excluding carboxylic acids is 1. The maximum absolute atomic E-state index is 13.2. The van der Waals surface area contributed by atoms with Crippen LogP contribution in [0.2, 0.25) is 0 Å². The molecule has 0 bridgehead atoms. The first kappa shape index (κ1) is 15.8. The summed E-state index contributed by atoms with van der Waals surface area (Å²) in [6, 6.07) is 0.664. The number of aromatic nitrogens is 1. The van der Waals surface area contributed by atoms with Gasteiger partial charge >= 0.3 is 6.18 Å². The predicted octanol–water partition coefficient (Wildman–Crippen LogP) is 2.62. The van der Waals surface area contributed by atoms with E-state index in [0.29, 0.717) is 12.8 Å². The first-order valence-electron chi connectivity index (χ1n) is 6.66. The molecule has 0 aromatic carbocycles. The van der Waals surface area contributed by atoms with E-state index in [1.807, 2.05) is 0 Å². The van der Waals surface area contributed by atoms with E-state index in [1.54, 1.807) is 0 Å². The molecule has 1 heterocycles. The van der Waals surface area contributed by atoms with Gasteiger partial charge in [0, 0.05) is 25.1 Å². The number of hydrogen-bond acceptors (Lipinski definition) is 3. The van der Waals surface area contributed by atoms with Crippen molar-refractivity contribution in [2.24, 2.45) is 5.41 Å². The highest BCUT2D eigenvalue weighted by atomic mass is 19.4. The van der Waals surface area contributed by atoms with Gasteiger partial charge in [-0.3, -0.25) is 9.78 Å². The minimum atomic E-state index is -4.57. The molecule has 7 heteroatoms. The summed E-state index contributed by atoms with van der Waals surface area (Å²) >= 11 is 0. The Hall–Kier alpha value is -1.63. The van der Waals surface area contributed by atoms with Crippen molar-refractivity contribution in [2.45, 2.75) is 31.5 Å². The van der Waals surface area contributed by atoms with Gasteiger partial charge in [-0.15, -0.1) is 0 Å². The summed E-state index contributed by atoms with van der Waals surface area (Å²) in [6.07, 6.45) is -0.162. The van der Waals surface area contributed by atoms with Gasteiger partial charge < -0.3 is 10.1 Å². The summed E-state index contributed by atoms with van der Waals surface area (Å²) in [4.78, 5) is 15.9. The maximum atomic E-state index is 13.2. The first-order valence-corrected chi connectivity index (χ1v) is 6.66. The monoisotopic (exact) mass is 302 g/mol. The number of amides is 1. The van der Waals surface area contributed by atoms with E-state index in [0.717, 1.165) is 12.6 Å². The fraction of sp³-hybridized carbons (Fsp3) is 0.571. The van der Waals surface area contributed by atoms with Crippen molar-refractivity contribution < 1.29 is 22.7 Å². The lowest BCUT2D eigenvalue weighted by Gasteiger charge is -2.40. The molecule has 2 rings (SSSR count). The zero-order valence-corrected chi connectivity index (χ0v) is 11.6. The second-order valence-electron chi connectivity index (χ2n) is 5.30. The lowest BCUT2D eigenvalue weighted by Crippen LogP contribution is -2.51. The van der Waals surface area contributed by atoms with Gasteiger partial charge in [0.15, 0.2) is 6.04 Å². The van der Waals surface area contributed by atoms with Gasteiger partial charge in [-0.2, -0.15) is 13.2 Å². The van der Waals surface area contributed by atoms with Crippen molar-refractivity contribution >= 4 is 5.91 Å². The molecule has 1 aliphatic carbocycles. The molecule has 0 aliphatic heterocycles. The number of ether oxygens (including phenoxy) is 1. The Kier molecular flexibility index (Phi) is 4.51. The topological polar surface area (TPSA) is 51.2 Å². The van der Waals surface area contributed by atoms with Crippen LogP contribution in [0.3, 0.4) is 0 Å². The fourth-order valence-electron chi connectivity index (χ4n) is 2.50. The van der Waals surface area contributed by atoms with Crippen molar-refractivity contribution in [1.29, 1.82) is 0 Å². The lowest BCUT2D eigenvalue weighted by molar-refractivity contribution is -0.170. The molecule has 0 unspecified atom stereocenters. The molecule has 1 atom stereocenters. The van der Waals surface area contributed by atoms with Gasteiger partial charge in [0.25, 0.3) is 0 Å². The van der Waals surface area contributed by atoms with Gasteiger partial charge in [0.1, 0.15) is 0 Å². The molecule has 21 heavy (non-hydrogen) atoms. The average Bonchev–Trinajstić information content (AvgIpc) is 2.39. The van der Waals surface area contributed by atoms with E-state index in [1.165, 1.54) is 25.4 Å². The summed E-state index contributed by atoms with van der Waals surface area (Å²) in [7, 11) is 1.44. The van der Waals surface area contributed by atoms with E-state index in [-0.39, 0.29) is 12.2 Å². The van der Waals surface area contributed by atoms with Crippen molar-refractivity contribution in [3.8, 4) is 0 Å². The van der Waals surface area contributed by atoms with Gasteiger partial charge in [-0.1, -0.05) is 12.5 Å². The largest absolute Gasteiger partial charge is 0.412 e. The molecule has 1 amide bonds. The number of halogens is 3. The van der Waals surface area contributed by atoms with Gasteiger partial charge in [-0.05, 0) is 18.9 Å². The highest BCUT2D eigenvalue weighted by Gasteiger charge is 2.49. The second-order valence-corrected chi connectivity index (χ2v) is 5.30. The van der Waals surface area contributed by atoms with E-state index >= 15 is 0 Å². The van der Waals surface area contributed by atoms with Gasteiger partial charge in [0.05, 0.1) is 12.0 Å². The molecule has 4 nitrogen and oxygen atoms in total. The van der Waals surface area contributed by atoms with E-state index in [9.17, 15) is 18.0 Å². The summed E-state index contributed by atoms with van der Waals surface area (Å²) in [5.74, 6) is -0.609. The van der Waals surface area contributed by atoms with Crippen LogP contribution >= 0.6 is 0 Å². The minimum Gasteiger partial charge on any atom is -0.384 e. The molecule has 116 valence electrons. The van der Waals surface area contributed by atoms with E-state index < -0.39 is 23.5 Å². The molecule has 1 aliphatic rings. The van der Waals surface area contributed by atoms with Crippen LogP contribution in [0.15, 0.2) is 24.5 Å². The van der Waals surface area contributed by atoms with E-state index in [2.05, 4.69) is 10.3 Å². The van der Waals surface area contributed by atoms with Gasteiger partial charge in [-0.25, -0.2) is 0 Å². The molecule has 1 aromatic rings. The number of nitrogens with zero attached hydrogens (tertiary/aromatic N) is 1. The quantitative estimate of drug-likeness (QED) is 0.909. The summed E-state index contributed by atoms with van der Waals surface area (Å²) in [6.45, 7) is 0.135. The average molecular weight is 302 g/mol. The van der Waals surface area contributed by atoms with Crippen LogP contribution < -0.4 is 5.32 Å². The Morgan fingerprint density at radius 3 is 2.67 bits per heavy atom. The third kappa shape index (κ3) is 3.34. The van der Waals surface area contributed by atoms with Crippen molar-refractivity contribution in [3.05, 3.63) is 30.1 Å². The highest BCUT2D eigenvalue weighted by molar-refractivity contribution is 5.84. The van der Waals surface area contributed by atoms with Crippen LogP contribution in [-0.4, -0.2) is 30.8 Å². The van der Waals surface area contributed by atoms with Gasteiger partial charge in [0.2, 0.25) is 5.91 Å². The van der Waals surface area contributed by atoms with Crippen LogP contribution in [0.1, 0.15) is 30.9 Å². The standard InChI is InChI=1S/C14H17F3N2O2/c1-21-9-13(5-3-6-13)12(20)19-11(14(15,16)17)10-4-2-7-18-8-10/h2,4,7-8,11H,3,5-6,9H2,1H3,(H,19,20)/t11-/m1/s1. The zero-order chi connectivity index (χ0) is 15.5. The van der Waals surface area contributed by atoms with Crippen LogP contribution in [-0.2, 0) is 9.53 Å². The van der Waals surface area contributed by atoms with Crippen molar-refractivity contribution in [1.82, 2.24) is 10.3 Å². The third-order valence-electron chi connectivity index (χ3n) is 3.83. The summed E-state index contributed by atoms with van der Waals surface area (Å²) in [5, 5.41) is 2.12. The summed E-state index contributed by atoms with van der Waals surface area (Å²) < 4.78 is 44.6. The first-order chi connectivity index (χ1) is 9.89. The van der Waals surface area contributed by atoms with Crippen LogP contribution in [0.5, 0.6) is 0 Å². The fourth-order valence-corrected chi connectivity index (χ4v) is 2.50. The molecule has 1 N–H and O–H groups in total. The molecule has 0 spiro atoms. The number of carbonyl (C=O) groups is 1.